The molecule has 0 atom stereocenters. The van der Waals surface area contributed by atoms with Crippen LogP contribution in [0.2, 0.25) is 0 Å². The van der Waals surface area contributed by atoms with Crippen molar-refractivity contribution in [1.29, 1.82) is 0 Å². The Morgan fingerprint density at radius 1 is 1.04 bits per heavy atom. The molecule has 0 aliphatic rings. The summed E-state index contributed by atoms with van der Waals surface area (Å²) in [5, 5.41) is 7.28. The summed E-state index contributed by atoms with van der Waals surface area (Å²) >= 11 is 0. The molecule has 0 saturated heterocycles. The summed E-state index contributed by atoms with van der Waals surface area (Å²) in [6.07, 6.45) is 3.19. The third-order valence-corrected chi connectivity index (χ3v) is 4.37. The van der Waals surface area contributed by atoms with Gasteiger partial charge in [0.15, 0.2) is 0 Å². The summed E-state index contributed by atoms with van der Waals surface area (Å²) in [5.41, 5.74) is 6.33. The lowest BCUT2D eigenvalue weighted by atomic mass is 10.1. The molecule has 0 bridgehead atoms. The van der Waals surface area contributed by atoms with Crippen LogP contribution in [0.4, 0.5) is 5.69 Å². The molecule has 0 saturated carbocycles. The van der Waals surface area contributed by atoms with Crippen LogP contribution in [-0.2, 0) is 0 Å². The molecule has 3 rings (SSSR count). The van der Waals surface area contributed by atoms with Gasteiger partial charge >= 0.3 is 0 Å². The lowest BCUT2D eigenvalue weighted by Crippen LogP contribution is -2.14. The molecule has 2 aromatic heterocycles. The number of aromatic nitrogens is 4. The van der Waals surface area contributed by atoms with Crippen molar-refractivity contribution in [3.63, 3.8) is 0 Å². The third kappa shape index (κ3) is 3.28. The lowest BCUT2D eigenvalue weighted by Gasteiger charge is -2.09. The van der Waals surface area contributed by atoms with Crippen LogP contribution in [0, 0.1) is 34.6 Å². The summed E-state index contributed by atoms with van der Waals surface area (Å²) in [7, 11) is 0. The highest BCUT2D eigenvalue weighted by Gasteiger charge is 2.13. The molecule has 6 heteroatoms. The number of nitrogens with zero attached hydrogens (tertiary/aromatic N) is 4. The van der Waals surface area contributed by atoms with E-state index in [1.54, 1.807) is 17.1 Å². The molecule has 1 N–H and O–H groups in total. The second-order valence-electron chi connectivity index (χ2n) is 6.25. The van der Waals surface area contributed by atoms with Crippen molar-refractivity contribution in [1.82, 2.24) is 19.7 Å². The van der Waals surface area contributed by atoms with Gasteiger partial charge in [0.2, 0.25) is 0 Å². The molecule has 128 valence electrons. The zero-order valence-electron chi connectivity index (χ0n) is 15.1. The standard InChI is InChI=1S/C19H21N5O/c1-11-6-7-17(12(2)8-11)18(25)22-16-9-20-19(21-10-16)24-15(5)13(3)14(4)23-24/h6-10H,1-5H3,(H,22,25). The summed E-state index contributed by atoms with van der Waals surface area (Å²) < 4.78 is 1.71. The highest BCUT2D eigenvalue weighted by molar-refractivity contribution is 6.05. The molecule has 0 aliphatic heterocycles. The maximum absolute atomic E-state index is 12.4. The molecule has 1 aromatic carbocycles. The Labute approximate surface area is 146 Å². The molecule has 0 fully saturated rings. The maximum Gasteiger partial charge on any atom is 0.256 e. The number of carbonyl (C=O) groups is 1. The quantitative estimate of drug-likeness (QED) is 0.795. The Kier molecular flexibility index (Phi) is 4.35. The average molecular weight is 335 g/mol. The van der Waals surface area contributed by atoms with Crippen molar-refractivity contribution in [2.24, 2.45) is 0 Å². The van der Waals surface area contributed by atoms with Crippen LogP contribution >= 0.6 is 0 Å². The van der Waals surface area contributed by atoms with Gasteiger partial charge < -0.3 is 5.32 Å². The van der Waals surface area contributed by atoms with Crippen molar-refractivity contribution < 1.29 is 4.79 Å². The van der Waals surface area contributed by atoms with Crippen molar-refractivity contribution in [2.45, 2.75) is 34.6 Å². The first-order valence-electron chi connectivity index (χ1n) is 8.10. The topological polar surface area (TPSA) is 72.7 Å². The molecule has 3 aromatic rings. The molecule has 2 heterocycles. The smallest absolute Gasteiger partial charge is 0.256 e. The van der Waals surface area contributed by atoms with Gasteiger partial charge in [0, 0.05) is 11.3 Å². The minimum atomic E-state index is -0.171. The highest BCUT2D eigenvalue weighted by atomic mass is 16.1. The first-order chi connectivity index (χ1) is 11.9. The fraction of sp³-hybridized carbons (Fsp3) is 0.263. The van der Waals surface area contributed by atoms with E-state index in [-0.39, 0.29) is 5.91 Å². The molecular weight excluding hydrogens is 314 g/mol. The number of anilines is 1. The second-order valence-corrected chi connectivity index (χ2v) is 6.25. The SMILES string of the molecule is Cc1ccc(C(=O)Nc2cnc(-n3nc(C)c(C)c3C)nc2)c(C)c1. The van der Waals surface area contributed by atoms with E-state index >= 15 is 0 Å². The van der Waals surface area contributed by atoms with Gasteiger partial charge in [-0.1, -0.05) is 17.7 Å². The van der Waals surface area contributed by atoms with Gasteiger partial charge in [-0.15, -0.1) is 0 Å². The van der Waals surface area contributed by atoms with Crippen LogP contribution in [-0.4, -0.2) is 25.7 Å². The number of rotatable bonds is 3. The van der Waals surface area contributed by atoms with E-state index in [4.69, 9.17) is 0 Å². The Bertz CT molecular complexity index is 941. The van der Waals surface area contributed by atoms with Gasteiger partial charge in [0.05, 0.1) is 23.8 Å². The number of benzene rings is 1. The van der Waals surface area contributed by atoms with Crippen molar-refractivity contribution in [3.8, 4) is 5.95 Å². The summed E-state index contributed by atoms with van der Waals surface area (Å²) in [6.45, 7) is 9.88. The van der Waals surface area contributed by atoms with E-state index in [2.05, 4.69) is 20.4 Å². The fourth-order valence-electron chi connectivity index (χ4n) is 2.68. The minimum absolute atomic E-state index is 0.171. The predicted molar refractivity (Wildman–Crippen MR) is 97.2 cm³/mol. The van der Waals surface area contributed by atoms with Gasteiger partial charge in [0.1, 0.15) is 0 Å². The number of aryl methyl sites for hydroxylation is 3. The summed E-state index contributed by atoms with van der Waals surface area (Å²) in [4.78, 5) is 21.1. The fourth-order valence-corrected chi connectivity index (χ4v) is 2.68. The Morgan fingerprint density at radius 2 is 1.72 bits per heavy atom. The summed E-state index contributed by atoms with van der Waals surface area (Å²) in [6, 6.07) is 5.74. The van der Waals surface area contributed by atoms with Gasteiger partial charge in [-0.05, 0) is 51.8 Å². The molecule has 1 amide bonds. The van der Waals surface area contributed by atoms with Gasteiger partial charge in [-0.25, -0.2) is 14.6 Å². The van der Waals surface area contributed by atoms with E-state index in [1.165, 1.54) is 0 Å². The Morgan fingerprint density at radius 3 is 2.28 bits per heavy atom. The molecule has 0 unspecified atom stereocenters. The first-order valence-corrected chi connectivity index (χ1v) is 8.10. The normalized spacial score (nSPS) is 10.8. The van der Waals surface area contributed by atoms with Crippen LogP contribution in [0.5, 0.6) is 0 Å². The van der Waals surface area contributed by atoms with Gasteiger partial charge in [-0.3, -0.25) is 4.79 Å². The van der Waals surface area contributed by atoms with Gasteiger partial charge in [0.25, 0.3) is 11.9 Å². The molecule has 0 aliphatic carbocycles. The number of nitrogens with one attached hydrogen (secondary N) is 1. The number of carbonyl (C=O) groups excluding carboxylic acids is 1. The Balaban J connectivity index is 1.81. The molecule has 6 nitrogen and oxygen atoms in total. The lowest BCUT2D eigenvalue weighted by molar-refractivity contribution is 0.102. The van der Waals surface area contributed by atoms with Crippen LogP contribution in [0.3, 0.4) is 0 Å². The maximum atomic E-state index is 12.4. The predicted octanol–water partition coefficient (Wildman–Crippen LogP) is 3.46. The highest BCUT2D eigenvalue weighted by Crippen LogP contribution is 2.16. The zero-order chi connectivity index (χ0) is 18.1. The molecule has 0 radical (unpaired) electrons. The molecule has 25 heavy (non-hydrogen) atoms. The van der Waals surface area contributed by atoms with E-state index in [9.17, 15) is 4.79 Å². The monoisotopic (exact) mass is 335 g/mol. The van der Waals surface area contributed by atoms with E-state index in [0.717, 1.165) is 28.1 Å². The number of hydrogen-bond donors (Lipinski definition) is 1. The molecule has 0 spiro atoms. The van der Waals surface area contributed by atoms with E-state index in [1.807, 2.05) is 52.8 Å². The van der Waals surface area contributed by atoms with Crippen LogP contribution in [0.15, 0.2) is 30.6 Å². The van der Waals surface area contributed by atoms with Crippen molar-refractivity contribution in [2.75, 3.05) is 5.32 Å². The third-order valence-electron chi connectivity index (χ3n) is 4.37. The minimum Gasteiger partial charge on any atom is -0.319 e. The van der Waals surface area contributed by atoms with E-state index < -0.39 is 0 Å². The number of amides is 1. The Hall–Kier alpha value is -3.02. The van der Waals surface area contributed by atoms with Gasteiger partial charge in [-0.2, -0.15) is 5.10 Å². The molecular formula is C19H21N5O. The average Bonchev–Trinajstić information content (AvgIpc) is 2.83. The largest absolute Gasteiger partial charge is 0.319 e. The van der Waals surface area contributed by atoms with Crippen molar-refractivity contribution >= 4 is 11.6 Å². The second kappa shape index (κ2) is 6.47. The van der Waals surface area contributed by atoms with Crippen LogP contribution < -0.4 is 5.32 Å². The first kappa shape index (κ1) is 16.8. The van der Waals surface area contributed by atoms with Crippen LogP contribution in [0.25, 0.3) is 5.95 Å². The van der Waals surface area contributed by atoms with Crippen molar-refractivity contribution in [3.05, 3.63) is 64.2 Å². The zero-order valence-corrected chi connectivity index (χ0v) is 15.1. The van der Waals surface area contributed by atoms with Crippen LogP contribution in [0.1, 0.15) is 38.4 Å². The summed E-state index contributed by atoms with van der Waals surface area (Å²) in [5.74, 6) is 0.314. The van der Waals surface area contributed by atoms with E-state index in [0.29, 0.717) is 17.2 Å². The number of hydrogen-bond acceptors (Lipinski definition) is 4.